The number of rotatable bonds is 5. The first-order valence-electron chi connectivity index (χ1n) is 8.62. The van der Waals surface area contributed by atoms with Gasteiger partial charge in [-0.05, 0) is 29.8 Å². The van der Waals surface area contributed by atoms with Crippen LogP contribution in [0.15, 0.2) is 48.5 Å². The SMILES string of the molecule is N#CC(c1ccc(F)cc1)N1CCN(C(=O)COc2ccccc2F)CC1. The molecule has 5 nitrogen and oxygen atoms in total. The van der Waals surface area contributed by atoms with Crippen molar-refractivity contribution in [3.8, 4) is 11.8 Å². The van der Waals surface area contributed by atoms with Crippen molar-refractivity contribution in [2.45, 2.75) is 6.04 Å². The average Bonchev–Trinajstić information content (AvgIpc) is 2.69. The maximum atomic E-state index is 13.5. The lowest BCUT2D eigenvalue weighted by atomic mass is 10.1. The molecule has 2 aromatic rings. The fourth-order valence-corrected chi connectivity index (χ4v) is 3.03. The smallest absolute Gasteiger partial charge is 0.260 e. The quantitative estimate of drug-likeness (QED) is 0.811. The highest BCUT2D eigenvalue weighted by Gasteiger charge is 2.27. The van der Waals surface area contributed by atoms with E-state index in [2.05, 4.69) is 6.07 Å². The highest BCUT2D eigenvalue weighted by Crippen LogP contribution is 2.22. The summed E-state index contributed by atoms with van der Waals surface area (Å²) in [5.74, 6) is -1.04. The summed E-state index contributed by atoms with van der Waals surface area (Å²) in [4.78, 5) is 15.9. The zero-order valence-electron chi connectivity index (χ0n) is 14.6. The summed E-state index contributed by atoms with van der Waals surface area (Å²) in [5.41, 5.74) is 0.724. The van der Waals surface area contributed by atoms with Crippen LogP contribution in [0.25, 0.3) is 0 Å². The first kappa shape index (κ1) is 18.8. The lowest BCUT2D eigenvalue weighted by Crippen LogP contribution is -2.50. The number of nitriles is 1. The molecule has 3 rings (SSSR count). The molecule has 140 valence electrons. The van der Waals surface area contributed by atoms with Crippen LogP contribution in [0.4, 0.5) is 8.78 Å². The van der Waals surface area contributed by atoms with Crippen molar-refractivity contribution in [2.75, 3.05) is 32.8 Å². The Morgan fingerprint density at radius 3 is 2.37 bits per heavy atom. The fraction of sp³-hybridized carbons (Fsp3) is 0.300. The Kier molecular flexibility index (Phi) is 5.99. The molecule has 0 spiro atoms. The largest absolute Gasteiger partial charge is 0.481 e. The number of hydrogen-bond acceptors (Lipinski definition) is 4. The molecule has 1 amide bonds. The Morgan fingerprint density at radius 1 is 1.07 bits per heavy atom. The van der Waals surface area contributed by atoms with Gasteiger partial charge >= 0.3 is 0 Å². The van der Waals surface area contributed by atoms with Crippen LogP contribution in [-0.2, 0) is 4.79 Å². The second kappa shape index (κ2) is 8.60. The monoisotopic (exact) mass is 371 g/mol. The number of nitrogens with zero attached hydrogens (tertiary/aromatic N) is 3. The molecule has 1 unspecified atom stereocenters. The third kappa shape index (κ3) is 4.60. The summed E-state index contributed by atoms with van der Waals surface area (Å²) in [6.07, 6.45) is 0. The van der Waals surface area contributed by atoms with E-state index >= 15 is 0 Å². The highest BCUT2D eigenvalue weighted by molar-refractivity contribution is 5.77. The van der Waals surface area contributed by atoms with Crippen molar-refractivity contribution < 1.29 is 18.3 Å². The molecular weight excluding hydrogens is 352 g/mol. The van der Waals surface area contributed by atoms with E-state index in [0.717, 1.165) is 5.56 Å². The van der Waals surface area contributed by atoms with Gasteiger partial charge in [-0.1, -0.05) is 24.3 Å². The predicted molar refractivity (Wildman–Crippen MR) is 94.8 cm³/mol. The molecule has 7 heteroatoms. The molecule has 0 saturated carbocycles. The van der Waals surface area contributed by atoms with E-state index in [4.69, 9.17) is 4.74 Å². The van der Waals surface area contributed by atoms with E-state index in [1.807, 2.05) is 4.90 Å². The van der Waals surface area contributed by atoms with Gasteiger partial charge in [0.15, 0.2) is 18.2 Å². The van der Waals surface area contributed by atoms with Gasteiger partial charge in [0, 0.05) is 26.2 Å². The van der Waals surface area contributed by atoms with Crippen LogP contribution in [-0.4, -0.2) is 48.5 Å². The minimum absolute atomic E-state index is 0.0466. The average molecular weight is 371 g/mol. The van der Waals surface area contributed by atoms with Crippen LogP contribution >= 0.6 is 0 Å². The zero-order chi connectivity index (χ0) is 19.2. The van der Waals surface area contributed by atoms with Crippen LogP contribution in [0.1, 0.15) is 11.6 Å². The standard InChI is InChI=1S/C20H19F2N3O2/c21-16-7-5-15(6-8-16)18(13-23)24-9-11-25(12-10-24)20(26)14-27-19-4-2-1-3-17(19)22/h1-8,18H,9-12,14H2. The maximum absolute atomic E-state index is 13.5. The molecule has 1 aliphatic heterocycles. The van der Waals surface area contributed by atoms with E-state index < -0.39 is 11.9 Å². The summed E-state index contributed by atoms with van der Waals surface area (Å²) < 4.78 is 31.9. The molecule has 0 radical (unpaired) electrons. The Labute approximate surface area is 156 Å². The molecule has 0 aromatic heterocycles. The second-order valence-electron chi connectivity index (χ2n) is 6.22. The normalized spacial score (nSPS) is 15.8. The van der Waals surface area contributed by atoms with Gasteiger partial charge < -0.3 is 9.64 Å². The van der Waals surface area contributed by atoms with Gasteiger partial charge in [-0.15, -0.1) is 0 Å². The van der Waals surface area contributed by atoms with Crippen molar-refractivity contribution >= 4 is 5.91 Å². The minimum atomic E-state index is -0.508. The molecule has 27 heavy (non-hydrogen) atoms. The minimum Gasteiger partial charge on any atom is -0.481 e. The number of amides is 1. The molecule has 1 fully saturated rings. The van der Waals surface area contributed by atoms with E-state index in [1.165, 1.54) is 24.3 Å². The summed E-state index contributed by atoms with van der Waals surface area (Å²) in [7, 11) is 0. The van der Waals surface area contributed by atoms with Gasteiger partial charge in [0.05, 0.1) is 6.07 Å². The van der Waals surface area contributed by atoms with Gasteiger partial charge in [-0.3, -0.25) is 9.69 Å². The number of ether oxygens (including phenoxy) is 1. The Morgan fingerprint density at radius 2 is 1.74 bits per heavy atom. The third-order valence-electron chi connectivity index (χ3n) is 4.53. The lowest BCUT2D eigenvalue weighted by molar-refractivity contribution is -0.135. The topological polar surface area (TPSA) is 56.6 Å². The van der Waals surface area contributed by atoms with Crippen molar-refractivity contribution in [3.05, 3.63) is 65.7 Å². The molecule has 1 heterocycles. The molecule has 2 aromatic carbocycles. The summed E-state index contributed by atoms with van der Waals surface area (Å²) in [6, 6.07) is 13.6. The lowest BCUT2D eigenvalue weighted by Gasteiger charge is -2.37. The van der Waals surface area contributed by atoms with E-state index in [-0.39, 0.29) is 24.1 Å². The molecule has 0 bridgehead atoms. The maximum Gasteiger partial charge on any atom is 0.260 e. The molecule has 1 saturated heterocycles. The molecule has 1 atom stereocenters. The number of halogens is 2. The fourth-order valence-electron chi connectivity index (χ4n) is 3.03. The first-order valence-corrected chi connectivity index (χ1v) is 8.62. The summed E-state index contributed by atoms with van der Waals surface area (Å²) in [6.45, 7) is 1.68. The van der Waals surface area contributed by atoms with Crippen LogP contribution in [0.3, 0.4) is 0 Å². The van der Waals surface area contributed by atoms with E-state index in [9.17, 15) is 18.8 Å². The highest BCUT2D eigenvalue weighted by atomic mass is 19.1. The number of para-hydroxylation sites is 1. The van der Waals surface area contributed by atoms with E-state index in [1.54, 1.807) is 29.2 Å². The summed E-state index contributed by atoms with van der Waals surface area (Å²) >= 11 is 0. The van der Waals surface area contributed by atoms with Crippen LogP contribution in [0.2, 0.25) is 0 Å². The Hall–Kier alpha value is -2.98. The molecule has 0 aliphatic carbocycles. The molecule has 1 aliphatic rings. The van der Waals surface area contributed by atoms with Crippen molar-refractivity contribution in [1.29, 1.82) is 5.26 Å². The molecular formula is C20H19F2N3O2. The number of carbonyl (C=O) groups is 1. The summed E-state index contributed by atoms with van der Waals surface area (Å²) in [5, 5.41) is 9.49. The van der Waals surface area contributed by atoms with Gasteiger partial charge in [0.1, 0.15) is 11.9 Å². The van der Waals surface area contributed by atoms with Gasteiger partial charge in [0.2, 0.25) is 0 Å². The first-order chi connectivity index (χ1) is 13.1. The predicted octanol–water partition coefficient (Wildman–Crippen LogP) is 2.75. The number of benzene rings is 2. The number of carbonyl (C=O) groups excluding carboxylic acids is 1. The van der Waals surface area contributed by atoms with Gasteiger partial charge in [-0.2, -0.15) is 5.26 Å². The van der Waals surface area contributed by atoms with Crippen molar-refractivity contribution in [3.63, 3.8) is 0 Å². The second-order valence-corrected chi connectivity index (χ2v) is 6.22. The number of hydrogen-bond donors (Lipinski definition) is 0. The van der Waals surface area contributed by atoms with Crippen LogP contribution < -0.4 is 4.74 Å². The van der Waals surface area contributed by atoms with Crippen molar-refractivity contribution in [2.24, 2.45) is 0 Å². The van der Waals surface area contributed by atoms with Crippen molar-refractivity contribution in [1.82, 2.24) is 9.80 Å². The van der Waals surface area contributed by atoms with Gasteiger partial charge in [-0.25, -0.2) is 8.78 Å². The van der Waals surface area contributed by atoms with Gasteiger partial charge in [0.25, 0.3) is 5.91 Å². The Balaban J connectivity index is 1.53. The Bertz CT molecular complexity index is 828. The van der Waals surface area contributed by atoms with Crippen LogP contribution in [0.5, 0.6) is 5.75 Å². The van der Waals surface area contributed by atoms with E-state index in [0.29, 0.717) is 26.2 Å². The third-order valence-corrected chi connectivity index (χ3v) is 4.53. The molecule has 0 N–H and O–H groups in total. The zero-order valence-corrected chi connectivity index (χ0v) is 14.6. The number of piperazine rings is 1. The van der Waals surface area contributed by atoms with Crippen LogP contribution in [0, 0.1) is 23.0 Å².